The summed E-state index contributed by atoms with van der Waals surface area (Å²) in [6.45, 7) is 6.07. The maximum atomic E-state index is 11.8. The fraction of sp³-hybridized carbons (Fsp3) is 0.950. The molecule has 3 aliphatic rings. The molecule has 0 radical (unpaired) electrons. The molecule has 7 heteroatoms. The van der Waals surface area contributed by atoms with Crippen molar-refractivity contribution in [2.75, 3.05) is 20.7 Å². The average molecular weight is 386 g/mol. The van der Waals surface area contributed by atoms with Gasteiger partial charge in [-0.2, -0.15) is 0 Å². The highest BCUT2D eigenvalue weighted by Gasteiger charge is 2.63. The molecule has 2 heterocycles. The van der Waals surface area contributed by atoms with Crippen LogP contribution in [0, 0.1) is 23.7 Å². The number of amides is 1. The van der Waals surface area contributed by atoms with Crippen molar-refractivity contribution in [3.8, 4) is 0 Å². The molecule has 3 fully saturated rings. The molecule has 0 aromatic rings. The molecule has 2 aliphatic heterocycles. The number of hydrogen-bond donors (Lipinski definition) is 2. The van der Waals surface area contributed by atoms with Crippen LogP contribution in [0.1, 0.15) is 52.9 Å². The molecular weight excluding hydrogens is 350 g/mol. The van der Waals surface area contributed by atoms with E-state index in [0.29, 0.717) is 18.8 Å². The number of carbonyl (C=O) groups is 1. The van der Waals surface area contributed by atoms with Gasteiger partial charge >= 0.3 is 0 Å². The predicted octanol–water partition coefficient (Wildman–Crippen LogP) is 1.71. The minimum Gasteiger partial charge on any atom is -0.384 e. The highest BCUT2D eigenvalue weighted by atomic mass is 16.8. The monoisotopic (exact) mass is 385 g/mol. The van der Waals surface area contributed by atoms with Crippen LogP contribution in [0.4, 0.5) is 0 Å². The lowest BCUT2D eigenvalue weighted by Crippen LogP contribution is -2.67. The number of carbonyl (C=O) groups excluding carboxylic acids is 1. The zero-order chi connectivity index (χ0) is 20.0. The summed E-state index contributed by atoms with van der Waals surface area (Å²) < 4.78 is 17.8. The molecule has 1 aliphatic carbocycles. The van der Waals surface area contributed by atoms with Crippen LogP contribution < -0.4 is 0 Å². The lowest BCUT2D eigenvalue weighted by atomic mass is 9.58. The van der Waals surface area contributed by atoms with Crippen molar-refractivity contribution in [1.82, 2.24) is 4.90 Å². The van der Waals surface area contributed by atoms with Gasteiger partial charge in [0.1, 0.15) is 5.60 Å². The maximum Gasteiger partial charge on any atom is 0.224 e. The molecule has 4 unspecified atom stereocenters. The Morgan fingerprint density at radius 3 is 2.56 bits per heavy atom. The van der Waals surface area contributed by atoms with Gasteiger partial charge in [-0.05, 0) is 38.0 Å². The molecule has 2 N–H and O–H groups in total. The maximum absolute atomic E-state index is 11.8. The molecule has 27 heavy (non-hydrogen) atoms. The third kappa shape index (κ3) is 3.90. The van der Waals surface area contributed by atoms with Crippen molar-refractivity contribution in [1.29, 1.82) is 0 Å². The first-order chi connectivity index (χ1) is 12.6. The zero-order valence-electron chi connectivity index (χ0n) is 17.2. The van der Waals surface area contributed by atoms with Crippen LogP contribution in [0.25, 0.3) is 0 Å². The van der Waals surface area contributed by atoms with Gasteiger partial charge in [-0.3, -0.25) is 4.79 Å². The van der Waals surface area contributed by atoms with Crippen LogP contribution in [0.5, 0.6) is 0 Å². The van der Waals surface area contributed by atoms with E-state index in [0.717, 1.165) is 12.8 Å². The molecule has 3 rings (SSSR count). The van der Waals surface area contributed by atoms with Gasteiger partial charge in [0.25, 0.3) is 0 Å². The van der Waals surface area contributed by atoms with Gasteiger partial charge in [0.2, 0.25) is 5.91 Å². The predicted molar refractivity (Wildman–Crippen MR) is 98.4 cm³/mol. The molecule has 156 valence electrons. The second-order valence-corrected chi connectivity index (χ2v) is 9.09. The van der Waals surface area contributed by atoms with Gasteiger partial charge in [-0.25, -0.2) is 0 Å². The summed E-state index contributed by atoms with van der Waals surface area (Å²) in [6.07, 6.45) is 1.85. The normalized spacial score (nSPS) is 47.1. The first-order valence-electron chi connectivity index (χ1n) is 10.2. The van der Waals surface area contributed by atoms with E-state index in [1.807, 2.05) is 6.92 Å². The van der Waals surface area contributed by atoms with Crippen LogP contribution >= 0.6 is 0 Å². The van der Waals surface area contributed by atoms with Crippen molar-refractivity contribution in [2.24, 2.45) is 23.7 Å². The SMILES string of the molecule is C[C@H]1C(OCCC(=O)N(C)C)O[C@@H]2OC(C)(O)CCC3[C@H](C)CCC1[C@]32O. The summed E-state index contributed by atoms with van der Waals surface area (Å²) in [5, 5.41) is 22.3. The molecule has 1 saturated carbocycles. The summed E-state index contributed by atoms with van der Waals surface area (Å²) >= 11 is 0. The number of aliphatic hydroxyl groups is 2. The summed E-state index contributed by atoms with van der Waals surface area (Å²) in [4.78, 5) is 13.3. The first-order valence-corrected chi connectivity index (χ1v) is 10.2. The molecular formula is C20H35NO6. The lowest BCUT2D eigenvalue weighted by molar-refractivity contribution is -0.408. The van der Waals surface area contributed by atoms with Crippen LogP contribution in [0.3, 0.4) is 0 Å². The van der Waals surface area contributed by atoms with Crippen LogP contribution in [-0.4, -0.2) is 65.7 Å². The van der Waals surface area contributed by atoms with Crippen molar-refractivity contribution in [2.45, 2.75) is 76.8 Å². The van der Waals surface area contributed by atoms with E-state index in [1.165, 1.54) is 4.90 Å². The van der Waals surface area contributed by atoms with E-state index in [4.69, 9.17) is 14.2 Å². The number of hydrogen-bond acceptors (Lipinski definition) is 6. The average Bonchev–Trinajstić information content (AvgIpc) is 2.67. The summed E-state index contributed by atoms with van der Waals surface area (Å²) in [7, 11) is 3.43. The molecule has 2 saturated heterocycles. The Hall–Kier alpha value is -0.730. The minimum atomic E-state index is -1.34. The fourth-order valence-electron chi connectivity index (χ4n) is 5.21. The van der Waals surface area contributed by atoms with Crippen molar-refractivity contribution >= 4 is 5.91 Å². The smallest absolute Gasteiger partial charge is 0.224 e. The highest BCUT2D eigenvalue weighted by Crippen LogP contribution is 2.55. The minimum absolute atomic E-state index is 0.00447. The van der Waals surface area contributed by atoms with Crippen LogP contribution in [0.2, 0.25) is 0 Å². The Bertz CT molecular complexity index is 553. The molecule has 0 bridgehead atoms. The van der Waals surface area contributed by atoms with E-state index < -0.39 is 24.0 Å². The van der Waals surface area contributed by atoms with Crippen molar-refractivity contribution < 1.29 is 29.2 Å². The van der Waals surface area contributed by atoms with Crippen LogP contribution in [0.15, 0.2) is 0 Å². The number of ether oxygens (including phenoxy) is 3. The van der Waals surface area contributed by atoms with Gasteiger partial charge in [-0.15, -0.1) is 0 Å². The quantitative estimate of drug-likeness (QED) is 0.766. The Kier molecular flexibility index (Phi) is 5.90. The van der Waals surface area contributed by atoms with Gasteiger partial charge in [0.05, 0.1) is 13.0 Å². The van der Waals surface area contributed by atoms with Crippen molar-refractivity contribution in [3.05, 3.63) is 0 Å². The Morgan fingerprint density at radius 2 is 1.89 bits per heavy atom. The van der Waals surface area contributed by atoms with Crippen LogP contribution in [-0.2, 0) is 19.0 Å². The van der Waals surface area contributed by atoms with E-state index in [2.05, 4.69) is 6.92 Å². The summed E-state index contributed by atoms with van der Waals surface area (Å²) in [6, 6.07) is 0. The topological polar surface area (TPSA) is 88.5 Å². The standard InChI is InChI=1S/C20H35NO6/c1-12-6-7-15-13(2)17(25-11-9-16(22)21(4)5)26-18-20(15,24)14(12)8-10-19(3,23)27-18/h12-15,17-18,23-24H,6-11H2,1-5H3/t12-,13-,14?,15?,17?,18-,19?,20-/m1/s1. The molecule has 1 amide bonds. The van der Waals surface area contributed by atoms with Gasteiger partial charge in [-0.1, -0.05) is 13.8 Å². The molecule has 0 spiro atoms. The molecule has 8 atom stereocenters. The highest BCUT2D eigenvalue weighted by molar-refractivity contribution is 5.75. The van der Waals surface area contributed by atoms with Gasteiger partial charge in [0.15, 0.2) is 18.4 Å². The van der Waals surface area contributed by atoms with E-state index in [-0.39, 0.29) is 36.7 Å². The molecule has 0 aromatic heterocycles. The first kappa shape index (κ1) is 21.0. The fourth-order valence-corrected chi connectivity index (χ4v) is 5.21. The lowest BCUT2D eigenvalue weighted by Gasteiger charge is -2.57. The number of nitrogens with zero attached hydrogens (tertiary/aromatic N) is 1. The Morgan fingerprint density at radius 1 is 1.19 bits per heavy atom. The summed E-state index contributed by atoms with van der Waals surface area (Å²) in [5.41, 5.74) is -1.13. The number of rotatable bonds is 4. The van der Waals surface area contributed by atoms with E-state index in [1.54, 1.807) is 21.0 Å². The van der Waals surface area contributed by atoms with Gasteiger partial charge in [0, 0.05) is 32.4 Å². The van der Waals surface area contributed by atoms with E-state index >= 15 is 0 Å². The third-order valence-electron chi connectivity index (χ3n) is 6.88. The second kappa shape index (κ2) is 7.59. The zero-order valence-corrected chi connectivity index (χ0v) is 17.2. The largest absolute Gasteiger partial charge is 0.384 e. The molecule has 7 nitrogen and oxygen atoms in total. The van der Waals surface area contributed by atoms with Gasteiger partial charge < -0.3 is 29.3 Å². The van der Waals surface area contributed by atoms with E-state index in [9.17, 15) is 15.0 Å². The molecule has 0 aromatic carbocycles. The Labute approximate surface area is 162 Å². The second-order valence-electron chi connectivity index (χ2n) is 9.09. The third-order valence-corrected chi connectivity index (χ3v) is 6.88. The van der Waals surface area contributed by atoms with Crippen molar-refractivity contribution in [3.63, 3.8) is 0 Å². The Balaban J connectivity index is 1.78. The summed E-state index contributed by atoms with van der Waals surface area (Å²) in [5.74, 6) is -1.03.